The molecule has 2 bridgehead atoms. The molecule has 0 aliphatic carbocycles. The van der Waals surface area contributed by atoms with E-state index in [1.807, 2.05) is 11.5 Å². The van der Waals surface area contributed by atoms with Gasteiger partial charge in [-0.15, -0.1) is 0 Å². The minimum absolute atomic E-state index is 0.190. The van der Waals surface area contributed by atoms with Gasteiger partial charge in [0.1, 0.15) is 11.6 Å². The third-order valence-electron chi connectivity index (χ3n) is 7.38. The molecule has 2 N–H and O–H groups in total. The number of nitrogens with zero attached hydrogens (tertiary/aromatic N) is 7. The molecule has 5 heterocycles. The number of rotatable bonds is 7. The van der Waals surface area contributed by atoms with Crippen LogP contribution in [0.5, 0.6) is 6.01 Å². The predicted molar refractivity (Wildman–Crippen MR) is 139 cm³/mol. The summed E-state index contributed by atoms with van der Waals surface area (Å²) in [6.45, 7) is 6.02. The van der Waals surface area contributed by atoms with Crippen LogP contribution in [0.4, 0.5) is 10.2 Å². The minimum Gasteiger partial charge on any atom is -0.464 e. The molecular formula is C27H31FN8O. The Kier molecular flexibility index (Phi) is 6.21. The van der Waals surface area contributed by atoms with Gasteiger partial charge in [0.05, 0.1) is 19.3 Å². The van der Waals surface area contributed by atoms with E-state index in [0.717, 1.165) is 25.2 Å². The molecule has 192 valence electrons. The normalized spacial score (nSPS) is 20.1. The van der Waals surface area contributed by atoms with Crippen molar-refractivity contribution in [2.24, 2.45) is 0 Å². The van der Waals surface area contributed by atoms with E-state index in [4.69, 9.17) is 10.5 Å². The lowest BCUT2D eigenvalue weighted by Crippen LogP contribution is -2.51. The molecule has 1 aromatic carbocycles. The Labute approximate surface area is 215 Å². The van der Waals surface area contributed by atoms with Crippen LogP contribution in [-0.2, 0) is 13.1 Å². The molecule has 2 saturated heterocycles. The minimum atomic E-state index is -0.438. The maximum atomic E-state index is 14.0. The maximum Gasteiger partial charge on any atom is 0.320 e. The van der Waals surface area contributed by atoms with Gasteiger partial charge in [-0.25, -0.2) is 9.37 Å². The summed E-state index contributed by atoms with van der Waals surface area (Å²) in [7, 11) is 2.22. The van der Waals surface area contributed by atoms with Crippen molar-refractivity contribution in [3.8, 4) is 17.4 Å². The van der Waals surface area contributed by atoms with Crippen molar-refractivity contribution < 1.29 is 9.13 Å². The van der Waals surface area contributed by atoms with Gasteiger partial charge in [0.25, 0.3) is 0 Å². The zero-order valence-corrected chi connectivity index (χ0v) is 21.1. The Morgan fingerprint density at radius 3 is 2.38 bits per heavy atom. The maximum absolute atomic E-state index is 14.0. The number of likely N-dealkylation sites (tertiary alicyclic amines) is 1. The van der Waals surface area contributed by atoms with Crippen LogP contribution in [0, 0.1) is 5.82 Å². The second kappa shape index (κ2) is 9.68. The molecule has 2 aliphatic heterocycles. The summed E-state index contributed by atoms with van der Waals surface area (Å²) >= 11 is 0. The van der Waals surface area contributed by atoms with E-state index in [9.17, 15) is 4.39 Å². The van der Waals surface area contributed by atoms with Crippen LogP contribution < -0.4 is 10.5 Å². The number of nitrogens with two attached hydrogens (primary N) is 1. The fourth-order valence-corrected chi connectivity index (χ4v) is 5.70. The van der Waals surface area contributed by atoms with Crippen molar-refractivity contribution >= 4 is 17.0 Å². The van der Waals surface area contributed by atoms with Gasteiger partial charge in [0.2, 0.25) is 0 Å². The number of ether oxygens (including phenoxy) is 1. The lowest BCUT2D eigenvalue weighted by atomic mass is 10.1. The van der Waals surface area contributed by atoms with Crippen molar-refractivity contribution in [3.63, 3.8) is 0 Å². The highest BCUT2D eigenvalue weighted by atomic mass is 19.1. The highest BCUT2D eigenvalue weighted by molar-refractivity contribution is 5.85. The second-order valence-electron chi connectivity index (χ2n) is 10.0. The number of anilines is 1. The Balaban J connectivity index is 1.32. The van der Waals surface area contributed by atoms with Crippen molar-refractivity contribution in [2.75, 3.05) is 32.5 Å². The molecule has 10 heteroatoms. The van der Waals surface area contributed by atoms with E-state index in [-0.39, 0.29) is 11.8 Å². The van der Waals surface area contributed by atoms with Crippen molar-refractivity contribution in [3.05, 3.63) is 59.7 Å². The Morgan fingerprint density at radius 2 is 1.70 bits per heavy atom. The topological polar surface area (TPSA) is 98.2 Å². The van der Waals surface area contributed by atoms with Gasteiger partial charge in [-0.1, -0.05) is 24.3 Å². The van der Waals surface area contributed by atoms with Gasteiger partial charge in [-0.05, 0) is 44.0 Å². The van der Waals surface area contributed by atoms with Gasteiger partial charge < -0.3 is 19.9 Å². The molecule has 3 aromatic heterocycles. The highest BCUT2D eigenvalue weighted by Gasteiger charge is 2.38. The number of piperazine rings is 1. The van der Waals surface area contributed by atoms with Gasteiger partial charge in [0, 0.05) is 43.5 Å². The van der Waals surface area contributed by atoms with Crippen LogP contribution in [0.1, 0.15) is 30.9 Å². The third-order valence-corrected chi connectivity index (χ3v) is 7.38. The second-order valence-corrected chi connectivity index (χ2v) is 10.0. The van der Waals surface area contributed by atoms with Crippen LogP contribution in [-0.4, -0.2) is 73.1 Å². The summed E-state index contributed by atoms with van der Waals surface area (Å²) in [4.78, 5) is 22.6. The van der Waals surface area contributed by atoms with Crippen molar-refractivity contribution in [1.29, 1.82) is 0 Å². The monoisotopic (exact) mass is 502 g/mol. The number of pyridine rings is 1. The fraction of sp³-hybridized carbons (Fsp3) is 0.407. The largest absolute Gasteiger partial charge is 0.464 e. The van der Waals surface area contributed by atoms with Gasteiger partial charge in [0.15, 0.2) is 17.0 Å². The first kappa shape index (κ1) is 23.7. The molecule has 4 aromatic rings. The van der Waals surface area contributed by atoms with Crippen LogP contribution in [0.25, 0.3) is 22.6 Å². The zero-order valence-electron chi connectivity index (χ0n) is 21.1. The summed E-state index contributed by atoms with van der Waals surface area (Å²) in [6.07, 6.45) is 5.32. The van der Waals surface area contributed by atoms with Crippen LogP contribution in [0.3, 0.4) is 0 Å². The molecular weight excluding hydrogens is 471 g/mol. The van der Waals surface area contributed by atoms with E-state index in [1.165, 1.54) is 30.7 Å². The highest BCUT2D eigenvalue weighted by Crippen LogP contribution is 2.32. The van der Waals surface area contributed by atoms with E-state index in [0.29, 0.717) is 47.8 Å². The number of likely N-dealkylation sites (N-methyl/N-ethyl adjacent to an activating group) is 1. The van der Waals surface area contributed by atoms with Crippen LogP contribution in [0.15, 0.2) is 42.7 Å². The molecule has 0 spiro atoms. The van der Waals surface area contributed by atoms with E-state index in [1.54, 1.807) is 6.20 Å². The average molecular weight is 503 g/mol. The van der Waals surface area contributed by atoms with Gasteiger partial charge in [-0.2, -0.15) is 9.97 Å². The smallest absolute Gasteiger partial charge is 0.320 e. The molecule has 6 rings (SSSR count). The summed E-state index contributed by atoms with van der Waals surface area (Å²) < 4.78 is 21.5. The number of nitrogen functional groups attached to an aromatic ring is 1. The number of hydrogen-bond acceptors (Lipinski definition) is 8. The molecule has 9 nitrogen and oxygen atoms in total. The number of fused-ring (bicyclic) bond motifs is 3. The summed E-state index contributed by atoms with van der Waals surface area (Å²) in [6, 6.07) is 11.6. The number of imidazole rings is 1. The van der Waals surface area contributed by atoms with Crippen molar-refractivity contribution in [1.82, 2.24) is 34.3 Å². The average Bonchev–Trinajstić information content (AvgIpc) is 3.34. The molecule has 37 heavy (non-hydrogen) atoms. The number of aromatic nitrogens is 5. The van der Waals surface area contributed by atoms with E-state index < -0.39 is 5.82 Å². The lowest BCUT2D eigenvalue weighted by molar-refractivity contribution is 0.0760. The molecule has 0 unspecified atom stereocenters. The molecule has 0 amide bonds. The first-order chi connectivity index (χ1) is 18.0. The summed E-state index contributed by atoms with van der Waals surface area (Å²) in [5, 5.41) is 0. The Morgan fingerprint density at radius 1 is 1.00 bits per heavy atom. The summed E-state index contributed by atoms with van der Waals surface area (Å²) in [5.74, 6) is 0.303. The van der Waals surface area contributed by atoms with E-state index >= 15 is 0 Å². The number of benzene rings is 1. The first-order valence-electron chi connectivity index (χ1n) is 12.8. The van der Waals surface area contributed by atoms with Crippen LogP contribution >= 0.6 is 0 Å². The summed E-state index contributed by atoms with van der Waals surface area (Å²) in [5.41, 5.74) is 10.1. The Bertz CT molecular complexity index is 1410. The zero-order chi connectivity index (χ0) is 25.5. The fourth-order valence-electron chi connectivity index (χ4n) is 5.70. The SMILES string of the molecule is CCOc1nc(N)c2nc(-c3cncc(F)c3)n(Cc3ccc(CN4[C@@H]5CC[C@H]4CN(C)C5)cc3)c2n1. The van der Waals surface area contributed by atoms with Crippen LogP contribution in [0.2, 0.25) is 0 Å². The quantitative estimate of drug-likeness (QED) is 0.411. The lowest BCUT2D eigenvalue weighted by Gasteiger charge is -2.39. The Hall–Kier alpha value is -3.63. The number of halogens is 1. The molecule has 2 fully saturated rings. The molecule has 2 aliphatic rings. The van der Waals surface area contributed by atoms with Crippen molar-refractivity contribution in [2.45, 2.75) is 44.9 Å². The third kappa shape index (κ3) is 4.62. The molecule has 2 atom stereocenters. The van der Waals surface area contributed by atoms with Gasteiger partial charge in [-0.3, -0.25) is 9.88 Å². The van der Waals surface area contributed by atoms with Gasteiger partial charge >= 0.3 is 6.01 Å². The molecule has 0 radical (unpaired) electrons. The predicted octanol–water partition coefficient (Wildman–Crippen LogP) is 3.34. The standard InChI is InChI=1S/C27H31FN8O/c1-3-37-27-32-24(29)23-26(33-27)36(25(31-23)19-10-20(28)12-30-11-19)14-18-6-4-17(5-7-18)13-35-21-8-9-22(35)16-34(2)15-21/h4-7,10-12,21-22H,3,8-9,13-16H2,1-2H3,(H2,29,32,33)/t21-,22+. The van der Waals surface area contributed by atoms with E-state index in [2.05, 4.69) is 61.0 Å². The molecule has 0 saturated carbocycles. The first-order valence-corrected chi connectivity index (χ1v) is 12.8. The number of hydrogen-bond donors (Lipinski definition) is 1.